The molecule has 6 aromatic rings. The second-order valence-electron chi connectivity index (χ2n) is 22.8. The first-order chi connectivity index (χ1) is 41.3. The number of aryl methyl sites for hydroxylation is 1. The Morgan fingerprint density at radius 1 is 0.593 bits per heavy atom. The zero-order chi connectivity index (χ0) is 61.8. The quantitative estimate of drug-likeness (QED) is 0.0314. The van der Waals surface area contributed by atoms with Gasteiger partial charge in [0, 0.05) is 83.0 Å². The maximum absolute atomic E-state index is 15.5. The number of hydrogen-bond donors (Lipinski definition) is 4. The van der Waals surface area contributed by atoms with Gasteiger partial charge in [0.25, 0.3) is 0 Å². The van der Waals surface area contributed by atoms with Crippen LogP contribution in [0.4, 0.5) is 9.18 Å². The zero-order valence-corrected chi connectivity index (χ0v) is 50.2. The van der Waals surface area contributed by atoms with Crippen LogP contribution in [-0.2, 0) is 64.0 Å². The van der Waals surface area contributed by atoms with Crippen LogP contribution in [0.15, 0.2) is 141 Å². The lowest BCUT2D eigenvalue weighted by molar-refractivity contribution is -0.164. The van der Waals surface area contributed by atoms with E-state index in [0.717, 1.165) is 22.3 Å². The van der Waals surface area contributed by atoms with Crippen LogP contribution in [0.1, 0.15) is 120 Å². The summed E-state index contributed by atoms with van der Waals surface area (Å²) in [5, 5.41) is 11.4. The van der Waals surface area contributed by atoms with E-state index >= 15 is 4.39 Å². The largest absolute Gasteiger partial charge is 0.458 e. The summed E-state index contributed by atoms with van der Waals surface area (Å²) in [5.41, 5.74) is 4.62. The lowest BCUT2D eigenvalue weighted by Gasteiger charge is -2.33. The highest BCUT2D eigenvalue weighted by molar-refractivity contribution is 5.97. The summed E-state index contributed by atoms with van der Waals surface area (Å²) >= 11 is 0. The van der Waals surface area contributed by atoms with E-state index in [9.17, 15) is 33.6 Å². The van der Waals surface area contributed by atoms with Gasteiger partial charge in [-0.3, -0.25) is 38.8 Å². The van der Waals surface area contributed by atoms with Crippen molar-refractivity contribution in [2.75, 3.05) is 20.7 Å². The van der Waals surface area contributed by atoms with Crippen LogP contribution in [-0.4, -0.2) is 133 Å². The summed E-state index contributed by atoms with van der Waals surface area (Å²) in [4.78, 5) is 117. The van der Waals surface area contributed by atoms with E-state index in [2.05, 4.69) is 36.2 Å². The number of benzene rings is 3. The molecule has 0 radical (unpaired) electrons. The first kappa shape index (κ1) is 64.7. The van der Waals surface area contributed by atoms with Crippen LogP contribution in [0.2, 0.25) is 0 Å². The molecule has 7 rings (SSSR count). The molecule has 3 aromatic carbocycles. The summed E-state index contributed by atoms with van der Waals surface area (Å²) in [6.07, 6.45) is 13.4. The molecule has 19 nitrogen and oxygen atoms in total. The van der Waals surface area contributed by atoms with Crippen molar-refractivity contribution in [1.29, 1.82) is 0 Å². The summed E-state index contributed by atoms with van der Waals surface area (Å²) in [7, 11) is 2.95. The number of esters is 1. The SMILES string of the molecule is CCCC[C@H](NC(=O)[C@H](Cc1cccnc1)NC(=O)[C@H](CCCn1ccnc1)N(C)C(=O)OCC1c2ccccc2-c2ccccc21)C(=O)N[C@@H](Cc1ccccc1F)C(=O)N[C@@H](CCCC)C(=O)N(C)[C@@H](Cc1cccnc1)C(=O)OC(C)(C)C. The molecule has 3 aromatic heterocycles. The first-order valence-electron chi connectivity index (χ1n) is 29.6. The van der Waals surface area contributed by atoms with E-state index in [1.807, 2.05) is 66.9 Å². The standard InChI is InChI=1S/C66H81FN10O9/c1-8-10-29-53(59(78)73-56(39-46-23-12-17-28-52(46)67)61(80)72-54(30-11-9-2)63(82)75(6)58(64(83)86-66(3,4)5)38-45-22-19-33-69-41-45)71-60(79)55(37-44-21-18-32-68-40-44)74-62(81)57(31-20-35-77-36-34-70-43-77)76(7)65(84)85-42-51-49-26-15-13-24-47(49)48-25-14-16-27-50(48)51/h12-19,21-28,32-34,36,40-41,43,51,53-58H,8-11,20,29-31,35,37-39,42H2,1-7H3,(H,71,79)(H,72,80)(H,73,78)(H,74,81)/t53-,54-,55-,56-,57-,58-/m0/s1. The minimum absolute atomic E-state index is 0.00918. The number of pyridine rings is 2. The number of likely N-dealkylation sites (N-methyl/N-ethyl adjacent to an activating group) is 2. The van der Waals surface area contributed by atoms with Gasteiger partial charge in [-0.2, -0.15) is 0 Å². The fraction of sp³-hybridized carbons (Fsp3) is 0.424. The van der Waals surface area contributed by atoms with Crippen molar-refractivity contribution in [3.05, 3.63) is 174 Å². The number of nitrogens with zero attached hydrogens (tertiary/aromatic N) is 6. The lowest BCUT2D eigenvalue weighted by atomic mass is 9.98. The van der Waals surface area contributed by atoms with Crippen LogP contribution in [0.3, 0.4) is 0 Å². The summed E-state index contributed by atoms with van der Waals surface area (Å²) in [6.45, 7) is 9.48. The highest BCUT2D eigenvalue weighted by Crippen LogP contribution is 2.44. The number of unbranched alkanes of at least 4 members (excludes halogenated alkanes) is 2. The van der Waals surface area contributed by atoms with E-state index in [1.165, 1.54) is 42.1 Å². The predicted molar refractivity (Wildman–Crippen MR) is 323 cm³/mol. The third-order valence-electron chi connectivity index (χ3n) is 15.2. The molecule has 1 aliphatic carbocycles. The fourth-order valence-electron chi connectivity index (χ4n) is 10.6. The van der Waals surface area contributed by atoms with Gasteiger partial charge in [0.05, 0.1) is 6.33 Å². The maximum Gasteiger partial charge on any atom is 0.410 e. The van der Waals surface area contributed by atoms with Gasteiger partial charge in [-0.25, -0.2) is 19.0 Å². The van der Waals surface area contributed by atoms with Gasteiger partial charge in [0.1, 0.15) is 54.3 Å². The Kier molecular flexibility index (Phi) is 23.6. The number of imidazole rings is 1. The lowest BCUT2D eigenvalue weighted by Crippen LogP contribution is -2.60. The second kappa shape index (κ2) is 31.4. The number of ether oxygens (including phenoxy) is 2. The molecule has 0 spiro atoms. The maximum atomic E-state index is 15.5. The molecule has 0 saturated carbocycles. The number of rotatable bonds is 30. The molecule has 20 heteroatoms. The third-order valence-corrected chi connectivity index (χ3v) is 15.2. The highest BCUT2D eigenvalue weighted by Gasteiger charge is 2.38. The van der Waals surface area contributed by atoms with Crippen molar-refractivity contribution >= 4 is 41.6 Å². The minimum Gasteiger partial charge on any atom is -0.458 e. The Hall–Kier alpha value is -8.81. The van der Waals surface area contributed by atoms with Crippen LogP contribution < -0.4 is 21.3 Å². The van der Waals surface area contributed by atoms with Crippen LogP contribution in [0.25, 0.3) is 11.1 Å². The Morgan fingerprint density at radius 2 is 1.14 bits per heavy atom. The van der Waals surface area contributed by atoms with E-state index in [4.69, 9.17) is 9.47 Å². The Bertz CT molecular complexity index is 3170. The number of amides is 6. The van der Waals surface area contributed by atoms with Gasteiger partial charge >= 0.3 is 12.1 Å². The molecule has 0 saturated heterocycles. The Labute approximate surface area is 503 Å². The van der Waals surface area contributed by atoms with Gasteiger partial charge in [0.2, 0.25) is 29.5 Å². The van der Waals surface area contributed by atoms with Crippen molar-refractivity contribution in [2.45, 2.75) is 160 Å². The Balaban J connectivity index is 1.12. The van der Waals surface area contributed by atoms with E-state index < -0.39 is 89.3 Å². The first-order valence-corrected chi connectivity index (χ1v) is 29.6. The molecule has 0 fully saturated rings. The number of carbonyl (C=O) groups is 7. The summed E-state index contributed by atoms with van der Waals surface area (Å²) in [5.74, 6) is -5.12. The van der Waals surface area contributed by atoms with Gasteiger partial charge in [-0.15, -0.1) is 0 Å². The number of halogens is 1. The smallest absolute Gasteiger partial charge is 0.410 e. The second-order valence-corrected chi connectivity index (χ2v) is 22.8. The van der Waals surface area contributed by atoms with Crippen molar-refractivity contribution in [3.63, 3.8) is 0 Å². The van der Waals surface area contributed by atoms with Crippen LogP contribution in [0, 0.1) is 5.82 Å². The van der Waals surface area contributed by atoms with Gasteiger partial charge in [-0.05, 0) is 104 Å². The Morgan fingerprint density at radius 3 is 1.72 bits per heavy atom. The molecule has 86 heavy (non-hydrogen) atoms. The van der Waals surface area contributed by atoms with Crippen molar-refractivity contribution in [2.24, 2.45) is 0 Å². The molecule has 3 heterocycles. The average molecular weight is 1180 g/mol. The number of aromatic nitrogens is 4. The molecular weight excluding hydrogens is 1100 g/mol. The zero-order valence-electron chi connectivity index (χ0n) is 50.2. The molecule has 456 valence electrons. The minimum atomic E-state index is -1.48. The van der Waals surface area contributed by atoms with Crippen molar-refractivity contribution in [3.8, 4) is 11.1 Å². The average Bonchev–Trinajstić information content (AvgIpc) is 2.00. The molecule has 4 N–H and O–H groups in total. The molecule has 0 bridgehead atoms. The summed E-state index contributed by atoms with van der Waals surface area (Å²) < 4.78 is 29.2. The van der Waals surface area contributed by atoms with Gasteiger partial charge in [0.15, 0.2) is 0 Å². The van der Waals surface area contributed by atoms with E-state index in [-0.39, 0.29) is 56.6 Å². The van der Waals surface area contributed by atoms with Crippen molar-refractivity contribution < 1.29 is 47.4 Å². The summed E-state index contributed by atoms with van der Waals surface area (Å²) in [6, 6.07) is 21.1. The van der Waals surface area contributed by atoms with Crippen LogP contribution in [0.5, 0.6) is 0 Å². The van der Waals surface area contributed by atoms with Gasteiger partial charge in [-0.1, -0.05) is 118 Å². The molecule has 1 aliphatic rings. The molecule has 0 aliphatic heterocycles. The molecular formula is C66H81FN10O9. The third kappa shape index (κ3) is 18.1. The molecule has 0 unspecified atom stereocenters. The van der Waals surface area contributed by atoms with E-state index in [0.29, 0.717) is 49.8 Å². The number of fused-ring (bicyclic) bond motifs is 3. The predicted octanol–water partition coefficient (Wildman–Crippen LogP) is 8.06. The fourth-order valence-corrected chi connectivity index (χ4v) is 10.6. The van der Waals surface area contributed by atoms with E-state index in [1.54, 1.807) is 94.6 Å². The molecule has 6 amide bonds. The monoisotopic (exact) mass is 1180 g/mol. The number of nitrogens with one attached hydrogen (secondary N) is 4. The molecule has 6 atom stereocenters. The normalized spacial score (nSPS) is 14.0. The number of carbonyl (C=O) groups excluding carboxylic acids is 7. The van der Waals surface area contributed by atoms with Crippen LogP contribution >= 0.6 is 0 Å². The number of hydrogen-bond acceptors (Lipinski definition) is 12. The highest BCUT2D eigenvalue weighted by atomic mass is 19.1. The van der Waals surface area contributed by atoms with Gasteiger partial charge < -0.3 is 40.2 Å². The topological polar surface area (TPSA) is 236 Å². The van der Waals surface area contributed by atoms with Crippen molar-refractivity contribution in [1.82, 2.24) is 50.6 Å².